The number of nitrogens with one attached hydrogen (secondary N) is 1. The van der Waals surface area contributed by atoms with Crippen LogP contribution in [0.25, 0.3) is 0 Å². The fourth-order valence-corrected chi connectivity index (χ4v) is 1.37. The molecule has 0 radical (unpaired) electrons. The fraction of sp³-hybridized carbons (Fsp3) is 0.462. The van der Waals surface area contributed by atoms with Crippen LogP contribution in [0.4, 0.5) is 5.69 Å². The van der Waals surface area contributed by atoms with E-state index in [0.717, 1.165) is 0 Å². The van der Waals surface area contributed by atoms with Gasteiger partial charge in [0.05, 0.1) is 0 Å². The predicted molar refractivity (Wildman–Crippen MR) is 70.2 cm³/mol. The lowest BCUT2D eigenvalue weighted by molar-refractivity contribution is -0.123. The average Bonchev–Trinajstić information content (AvgIpc) is 2.36. The van der Waals surface area contributed by atoms with Crippen molar-refractivity contribution >= 4 is 11.6 Å². The van der Waals surface area contributed by atoms with E-state index < -0.39 is 0 Å². The maximum absolute atomic E-state index is 11.5. The molecule has 0 saturated heterocycles. The van der Waals surface area contributed by atoms with Crippen molar-refractivity contribution in [3.8, 4) is 5.75 Å². The number of nitrogen functional groups attached to an aromatic ring is 1. The Morgan fingerprint density at radius 1 is 1.44 bits per heavy atom. The summed E-state index contributed by atoms with van der Waals surface area (Å²) in [6.07, 6.45) is 0.680. The van der Waals surface area contributed by atoms with Crippen molar-refractivity contribution in [3.05, 3.63) is 24.3 Å². The van der Waals surface area contributed by atoms with E-state index in [1.165, 1.54) is 0 Å². The molecule has 1 rings (SSSR count). The molecule has 1 aromatic rings. The zero-order chi connectivity index (χ0) is 13.4. The summed E-state index contributed by atoms with van der Waals surface area (Å²) in [4.78, 5) is 11.5. The quantitative estimate of drug-likeness (QED) is 0.626. The number of rotatable bonds is 7. The molecule has 0 heterocycles. The molecule has 1 aromatic carbocycles. The second-order valence-corrected chi connectivity index (χ2v) is 4.28. The molecule has 0 aliphatic rings. The van der Waals surface area contributed by atoms with Crippen LogP contribution in [-0.2, 0) is 4.79 Å². The summed E-state index contributed by atoms with van der Waals surface area (Å²) in [5, 5.41) is 11.5. The third-order valence-electron chi connectivity index (χ3n) is 2.52. The minimum atomic E-state index is -0.170. The summed E-state index contributed by atoms with van der Waals surface area (Å²) in [7, 11) is 0. The van der Waals surface area contributed by atoms with Gasteiger partial charge in [-0.2, -0.15) is 0 Å². The van der Waals surface area contributed by atoms with Crippen molar-refractivity contribution in [2.75, 3.05) is 25.5 Å². The van der Waals surface area contributed by atoms with Crippen molar-refractivity contribution in [1.82, 2.24) is 5.32 Å². The first kappa shape index (κ1) is 14.3. The molecule has 18 heavy (non-hydrogen) atoms. The third-order valence-corrected chi connectivity index (χ3v) is 2.52. The van der Waals surface area contributed by atoms with Crippen molar-refractivity contribution in [2.24, 2.45) is 5.92 Å². The van der Waals surface area contributed by atoms with E-state index in [4.69, 9.17) is 15.6 Å². The second-order valence-electron chi connectivity index (χ2n) is 4.28. The standard InChI is InChI=1S/C13H20N2O3/c1-10(6-7-16)8-15-13(17)9-18-12-4-2-11(14)3-5-12/h2-5,10,16H,6-9,14H2,1H3,(H,15,17). The highest BCUT2D eigenvalue weighted by Crippen LogP contribution is 2.12. The van der Waals surface area contributed by atoms with Gasteiger partial charge in [0.15, 0.2) is 6.61 Å². The number of anilines is 1. The Hall–Kier alpha value is -1.75. The molecule has 0 fully saturated rings. The molecule has 5 nitrogen and oxygen atoms in total. The van der Waals surface area contributed by atoms with Gasteiger partial charge in [-0.25, -0.2) is 0 Å². The lowest BCUT2D eigenvalue weighted by Crippen LogP contribution is -2.32. The maximum atomic E-state index is 11.5. The molecule has 100 valence electrons. The van der Waals surface area contributed by atoms with Crippen LogP contribution in [-0.4, -0.2) is 30.8 Å². The van der Waals surface area contributed by atoms with Gasteiger partial charge in [-0.15, -0.1) is 0 Å². The Morgan fingerprint density at radius 3 is 2.72 bits per heavy atom. The number of carbonyl (C=O) groups is 1. The van der Waals surface area contributed by atoms with E-state index in [-0.39, 0.29) is 25.0 Å². The molecular formula is C13H20N2O3. The highest BCUT2D eigenvalue weighted by molar-refractivity contribution is 5.77. The Morgan fingerprint density at radius 2 is 2.11 bits per heavy atom. The van der Waals surface area contributed by atoms with Gasteiger partial charge in [0.25, 0.3) is 5.91 Å². The molecular weight excluding hydrogens is 232 g/mol. The summed E-state index contributed by atoms with van der Waals surface area (Å²) < 4.78 is 5.30. The zero-order valence-electron chi connectivity index (χ0n) is 10.6. The second kappa shape index (κ2) is 7.55. The number of benzene rings is 1. The lowest BCUT2D eigenvalue weighted by atomic mass is 10.1. The van der Waals surface area contributed by atoms with E-state index in [1.54, 1.807) is 24.3 Å². The molecule has 0 saturated carbocycles. The van der Waals surface area contributed by atoms with E-state index in [0.29, 0.717) is 24.4 Å². The number of nitrogens with two attached hydrogens (primary N) is 1. The van der Waals surface area contributed by atoms with Crippen LogP contribution >= 0.6 is 0 Å². The maximum Gasteiger partial charge on any atom is 0.257 e. The highest BCUT2D eigenvalue weighted by Gasteiger charge is 2.05. The normalized spacial score (nSPS) is 11.9. The van der Waals surface area contributed by atoms with Crippen molar-refractivity contribution in [1.29, 1.82) is 0 Å². The molecule has 5 heteroatoms. The third kappa shape index (κ3) is 5.54. The smallest absolute Gasteiger partial charge is 0.257 e. The minimum absolute atomic E-state index is 0.0181. The number of ether oxygens (including phenoxy) is 1. The largest absolute Gasteiger partial charge is 0.484 e. The van der Waals surface area contributed by atoms with Gasteiger partial charge in [-0.3, -0.25) is 4.79 Å². The van der Waals surface area contributed by atoms with Gasteiger partial charge in [-0.1, -0.05) is 6.92 Å². The zero-order valence-corrected chi connectivity index (χ0v) is 10.6. The van der Waals surface area contributed by atoms with Crippen LogP contribution in [0.3, 0.4) is 0 Å². The summed E-state index contributed by atoms with van der Waals surface area (Å²) in [6, 6.07) is 6.88. The van der Waals surface area contributed by atoms with Crippen LogP contribution in [0.2, 0.25) is 0 Å². The molecule has 0 spiro atoms. The number of aliphatic hydroxyl groups excluding tert-OH is 1. The first-order valence-corrected chi connectivity index (χ1v) is 5.97. The lowest BCUT2D eigenvalue weighted by Gasteiger charge is -2.11. The van der Waals surface area contributed by atoms with E-state index in [9.17, 15) is 4.79 Å². The molecule has 4 N–H and O–H groups in total. The van der Waals surface area contributed by atoms with E-state index in [2.05, 4.69) is 5.32 Å². The van der Waals surface area contributed by atoms with Crippen LogP contribution in [0, 0.1) is 5.92 Å². The monoisotopic (exact) mass is 252 g/mol. The number of hydrogen-bond donors (Lipinski definition) is 3. The Kier molecular flexibility index (Phi) is 6.00. The highest BCUT2D eigenvalue weighted by atomic mass is 16.5. The van der Waals surface area contributed by atoms with Crippen molar-refractivity contribution in [2.45, 2.75) is 13.3 Å². The SMILES string of the molecule is CC(CCO)CNC(=O)COc1ccc(N)cc1. The van der Waals surface area contributed by atoms with Crippen LogP contribution < -0.4 is 15.8 Å². The van der Waals surface area contributed by atoms with Crippen molar-refractivity contribution < 1.29 is 14.6 Å². The van der Waals surface area contributed by atoms with Crippen LogP contribution in [0.1, 0.15) is 13.3 Å². The molecule has 0 aliphatic carbocycles. The Labute approximate surface area is 107 Å². The van der Waals surface area contributed by atoms with Gasteiger partial charge in [0, 0.05) is 18.8 Å². The number of hydrogen-bond acceptors (Lipinski definition) is 4. The molecule has 0 aliphatic heterocycles. The number of amides is 1. The molecule has 1 amide bonds. The first-order valence-electron chi connectivity index (χ1n) is 5.97. The summed E-state index contributed by atoms with van der Waals surface area (Å²) >= 11 is 0. The van der Waals surface area contributed by atoms with Crippen LogP contribution in [0.5, 0.6) is 5.75 Å². The average molecular weight is 252 g/mol. The predicted octanol–water partition coefficient (Wildman–Crippen LogP) is 0.782. The van der Waals surface area contributed by atoms with Gasteiger partial charge in [-0.05, 0) is 36.6 Å². The van der Waals surface area contributed by atoms with Crippen LogP contribution in [0.15, 0.2) is 24.3 Å². The van der Waals surface area contributed by atoms with Gasteiger partial charge < -0.3 is 20.9 Å². The molecule has 0 aromatic heterocycles. The first-order chi connectivity index (χ1) is 8.61. The van der Waals surface area contributed by atoms with E-state index in [1.807, 2.05) is 6.92 Å². The summed E-state index contributed by atoms with van der Waals surface area (Å²) in [5.41, 5.74) is 6.19. The van der Waals surface area contributed by atoms with Gasteiger partial charge >= 0.3 is 0 Å². The minimum Gasteiger partial charge on any atom is -0.484 e. The molecule has 1 atom stereocenters. The number of aliphatic hydroxyl groups is 1. The Bertz CT molecular complexity index is 365. The summed E-state index contributed by atoms with van der Waals surface area (Å²) in [6.45, 7) is 2.64. The van der Waals surface area contributed by atoms with Crippen molar-refractivity contribution in [3.63, 3.8) is 0 Å². The fourth-order valence-electron chi connectivity index (χ4n) is 1.37. The summed E-state index contributed by atoms with van der Waals surface area (Å²) in [5.74, 6) is 0.704. The molecule has 0 bridgehead atoms. The van der Waals surface area contributed by atoms with Gasteiger partial charge in [0.1, 0.15) is 5.75 Å². The number of carbonyl (C=O) groups excluding carboxylic acids is 1. The topological polar surface area (TPSA) is 84.6 Å². The molecule has 1 unspecified atom stereocenters. The van der Waals surface area contributed by atoms with Gasteiger partial charge in [0.2, 0.25) is 0 Å². The van der Waals surface area contributed by atoms with E-state index >= 15 is 0 Å². The Balaban J connectivity index is 2.22.